The number of nitrogens with one attached hydrogen (secondary N) is 3. The van der Waals surface area contributed by atoms with Gasteiger partial charge in [0.2, 0.25) is 0 Å². The number of hydrazine groups is 2. The molecule has 0 spiro atoms. The Morgan fingerprint density at radius 3 is 1.71 bits per heavy atom. The highest BCUT2D eigenvalue weighted by Gasteiger charge is 1.90. The van der Waals surface area contributed by atoms with E-state index in [1.807, 2.05) is 0 Å². The first-order valence-corrected chi connectivity index (χ1v) is 2.21. The highest BCUT2D eigenvalue weighted by molar-refractivity contribution is 4.47. The molecule has 0 radical (unpaired) electrons. The summed E-state index contributed by atoms with van der Waals surface area (Å²) in [6.45, 7) is 2.15. The van der Waals surface area contributed by atoms with Gasteiger partial charge in [0.1, 0.15) is 0 Å². The van der Waals surface area contributed by atoms with Crippen molar-refractivity contribution in [3.63, 3.8) is 0 Å². The minimum Gasteiger partial charge on any atom is -0.344 e. The highest BCUT2D eigenvalue weighted by Crippen LogP contribution is 1.71. The Kier molecular flexibility index (Phi) is 3.92. The number of hydrogen-bond acceptors (Lipinski definition) is 4. The van der Waals surface area contributed by atoms with Crippen LogP contribution in [0.25, 0.3) is 0 Å². The van der Waals surface area contributed by atoms with Gasteiger partial charge >= 0.3 is 0 Å². The molecule has 1 aliphatic rings. The molecular weight excluding hydrogens is 92.1 g/mol. The fourth-order valence-corrected chi connectivity index (χ4v) is 0.453. The fraction of sp³-hybridized carbons (Fsp3) is 1.00. The summed E-state index contributed by atoms with van der Waals surface area (Å²) >= 11 is 0. The monoisotopic (exact) mass is 104 g/mol. The summed E-state index contributed by atoms with van der Waals surface area (Å²) in [5.74, 6) is 0. The van der Waals surface area contributed by atoms with Crippen LogP contribution in [0, 0.1) is 0 Å². The maximum Gasteiger partial charge on any atom is 0.0126 e. The van der Waals surface area contributed by atoms with Gasteiger partial charge in [0.25, 0.3) is 0 Å². The molecule has 0 aliphatic carbocycles. The summed E-state index contributed by atoms with van der Waals surface area (Å²) < 4.78 is 0. The Balaban J connectivity index is 0.000000360. The van der Waals surface area contributed by atoms with Crippen LogP contribution in [0.4, 0.5) is 0 Å². The van der Waals surface area contributed by atoms with Gasteiger partial charge < -0.3 is 6.15 Å². The summed E-state index contributed by atoms with van der Waals surface area (Å²) in [5, 5.41) is 0. The summed E-state index contributed by atoms with van der Waals surface area (Å²) in [6.07, 6.45) is 1.22. The van der Waals surface area contributed by atoms with Crippen LogP contribution >= 0.6 is 0 Å². The van der Waals surface area contributed by atoms with Crippen LogP contribution < -0.4 is 22.5 Å². The normalized spacial score (nSPS) is 20.6. The van der Waals surface area contributed by atoms with Crippen LogP contribution in [0.1, 0.15) is 6.42 Å². The van der Waals surface area contributed by atoms with E-state index in [1.165, 1.54) is 6.42 Å². The Morgan fingerprint density at radius 1 is 1.00 bits per heavy atom. The van der Waals surface area contributed by atoms with Gasteiger partial charge in [-0.3, -0.25) is 0 Å². The Morgan fingerprint density at radius 2 is 1.57 bits per heavy atom. The maximum atomic E-state index is 2.92. The van der Waals surface area contributed by atoms with Gasteiger partial charge in [0.15, 0.2) is 0 Å². The molecule has 1 aliphatic heterocycles. The first kappa shape index (κ1) is 6.84. The topological polar surface area (TPSA) is 71.1 Å². The highest BCUT2D eigenvalue weighted by atomic mass is 15.6. The Bertz CT molecular complexity index is 22.4. The van der Waals surface area contributed by atoms with Gasteiger partial charge in [0, 0.05) is 13.1 Å². The van der Waals surface area contributed by atoms with Crippen molar-refractivity contribution in [3.05, 3.63) is 0 Å². The van der Waals surface area contributed by atoms with E-state index in [0.717, 1.165) is 13.1 Å². The van der Waals surface area contributed by atoms with E-state index in [9.17, 15) is 0 Å². The second-order valence-corrected chi connectivity index (χ2v) is 1.33. The third kappa shape index (κ3) is 2.52. The van der Waals surface area contributed by atoms with Gasteiger partial charge in [-0.05, 0) is 6.42 Å². The van der Waals surface area contributed by atoms with Crippen molar-refractivity contribution in [1.82, 2.24) is 22.5 Å². The molecule has 44 valence electrons. The Labute approximate surface area is 43.2 Å². The predicted octanol–water partition coefficient (Wildman–Crippen LogP) is -0.849. The van der Waals surface area contributed by atoms with Crippen molar-refractivity contribution in [2.75, 3.05) is 13.1 Å². The minimum atomic E-state index is 0. The van der Waals surface area contributed by atoms with E-state index in [-0.39, 0.29) is 6.15 Å². The van der Waals surface area contributed by atoms with Gasteiger partial charge in [-0.1, -0.05) is 0 Å². The summed E-state index contributed by atoms with van der Waals surface area (Å²) in [6, 6.07) is 0. The minimum absolute atomic E-state index is 0. The van der Waals surface area contributed by atoms with Crippen molar-refractivity contribution in [3.8, 4) is 0 Å². The molecule has 0 aromatic heterocycles. The summed E-state index contributed by atoms with van der Waals surface area (Å²) in [7, 11) is 0. The SMILES string of the molecule is C1CNNNC1.N. The lowest BCUT2D eigenvalue weighted by molar-refractivity contribution is 0.372. The molecular formula is C3H12N4. The lowest BCUT2D eigenvalue weighted by Crippen LogP contribution is -2.49. The molecule has 0 saturated carbocycles. The predicted molar refractivity (Wildman–Crippen MR) is 28.8 cm³/mol. The molecule has 1 saturated heterocycles. The van der Waals surface area contributed by atoms with Crippen molar-refractivity contribution >= 4 is 0 Å². The molecule has 4 nitrogen and oxygen atoms in total. The van der Waals surface area contributed by atoms with Crippen molar-refractivity contribution < 1.29 is 0 Å². The standard InChI is InChI=1S/C3H9N3.H3N/c1-2-4-6-5-3-1;/h4-6H,1-3H2;1H3. The second kappa shape index (κ2) is 4.01. The third-order valence-electron chi connectivity index (χ3n) is 0.780. The molecule has 4 heteroatoms. The maximum absolute atomic E-state index is 2.92. The first-order valence-electron chi connectivity index (χ1n) is 2.21. The fourth-order valence-electron chi connectivity index (χ4n) is 0.453. The van der Waals surface area contributed by atoms with E-state index in [1.54, 1.807) is 0 Å². The first-order chi connectivity index (χ1) is 3.00. The molecule has 0 aromatic rings. The van der Waals surface area contributed by atoms with Crippen LogP contribution in [-0.4, -0.2) is 13.1 Å². The van der Waals surface area contributed by atoms with Gasteiger partial charge in [-0.25, -0.2) is 10.9 Å². The quantitative estimate of drug-likeness (QED) is 0.323. The van der Waals surface area contributed by atoms with Crippen LogP contribution in [0.2, 0.25) is 0 Å². The molecule has 7 heavy (non-hydrogen) atoms. The van der Waals surface area contributed by atoms with E-state index in [2.05, 4.69) is 16.4 Å². The molecule has 1 fully saturated rings. The zero-order valence-corrected chi connectivity index (χ0v) is 4.33. The zero-order valence-electron chi connectivity index (χ0n) is 4.33. The molecule has 0 aromatic carbocycles. The van der Waals surface area contributed by atoms with Crippen LogP contribution in [0.15, 0.2) is 0 Å². The average molecular weight is 104 g/mol. The van der Waals surface area contributed by atoms with E-state index >= 15 is 0 Å². The smallest absolute Gasteiger partial charge is 0.0126 e. The van der Waals surface area contributed by atoms with E-state index in [0.29, 0.717) is 0 Å². The molecule has 1 rings (SSSR count). The number of hydrogen-bond donors (Lipinski definition) is 4. The van der Waals surface area contributed by atoms with Crippen molar-refractivity contribution in [1.29, 1.82) is 0 Å². The molecule has 6 N–H and O–H groups in total. The largest absolute Gasteiger partial charge is 0.344 e. The van der Waals surface area contributed by atoms with E-state index in [4.69, 9.17) is 0 Å². The van der Waals surface area contributed by atoms with Crippen LogP contribution in [0.3, 0.4) is 0 Å². The number of rotatable bonds is 0. The molecule has 0 amide bonds. The van der Waals surface area contributed by atoms with Gasteiger partial charge in [-0.2, -0.15) is 5.53 Å². The average Bonchev–Trinajstić information content (AvgIpc) is 1.72. The van der Waals surface area contributed by atoms with E-state index < -0.39 is 0 Å². The van der Waals surface area contributed by atoms with Gasteiger partial charge in [-0.15, -0.1) is 0 Å². The van der Waals surface area contributed by atoms with Crippen LogP contribution in [-0.2, 0) is 0 Å². The summed E-state index contributed by atoms with van der Waals surface area (Å²) in [4.78, 5) is 0. The third-order valence-corrected chi connectivity index (χ3v) is 0.780. The molecule has 1 heterocycles. The van der Waals surface area contributed by atoms with Crippen molar-refractivity contribution in [2.24, 2.45) is 0 Å². The molecule has 0 atom stereocenters. The van der Waals surface area contributed by atoms with Crippen LogP contribution in [0.5, 0.6) is 0 Å². The van der Waals surface area contributed by atoms with Crippen molar-refractivity contribution in [2.45, 2.75) is 6.42 Å². The molecule has 0 unspecified atom stereocenters. The lowest BCUT2D eigenvalue weighted by Gasteiger charge is -2.12. The zero-order chi connectivity index (χ0) is 4.24. The lowest BCUT2D eigenvalue weighted by atomic mass is 10.4. The molecule has 0 bridgehead atoms. The second-order valence-electron chi connectivity index (χ2n) is 1.33. The Hall–Kier alpha value is -0.160. The summed E-state index contributed by atoms with van der Waals surface area (Å²) in [5.41, 5.74) is 8.63. The van der Waals surface area contributed by atoms with Gasteiger partial charge in [0.05, 0.1) is 0 Å².